The predicted molar refractivity (Wildman–Crippen MR) is 70.6 cm³/mol. The van der Waals surface area contributed by atoms with Crippen molar-refractivity contribution < 1.29 is 9.47 Å². The van der Waals surface area contributed by atoms with E-state index in [1.165, 1.54) is 0 Å². The lowest BCUT2D eigenvalue weighted by Crippen LogP contribution is -2.22. The van der Waals surface area contributed by atoms with Crippen molar-refractivity contribution in [3.63, 3.8) is 0 Å². The highest BCUT2D eigenvalue weighted by atomic mass is 16.5. The number of hydrogen-bond acceptors (Lipinski definition) is 4. The number of rotatable bonds is 6. The number of anilines is 1. The van der Waals surface area contributed by atoms with Gasteiger partial charge in [0.15, 0.2) is 11.5 Å². The highest BCUT2D eigenvalue weighted by molar-refractivity contribution is 5.62. The smallest absolute Gasteiger partial charge is 0.183 e. The molecule has 17 heavy (non-hydrogen) atoms. The Morgan fingerprint density at radius 2 is 1.76 bits per heavy atom. The average Bonchev–Trinajstić information content (AvgIpc) is 2.35. The summed E-state index contributed by atoms with van der Waals surface area (Å²) in [5, 5.41) is 0. The monoisotopic (exact) mass is 238 g/mol. The molecule has 0 radical (unpaired) electrons. The molecule has 0 fully saturated rings. The van der Waals surface area contributed by atoms with Crippen LogP contribution in [0.3, 0.4) is 0 Å². The number of nitrogen functional groups attached to an aromatic ring is 1. The summed E-state index contributed by atoms with van der Waals surface area (Å²) in [6.07, 6.45) is 0. The minimum absolute atomic E-state index is 0.607. The predicted octanol–water partition coefficient (Wildman–Crippen LogP) is 2.13. The van der Waals surface area contributed by atoms with Crippen molar-refractivity contribution in [3.05, 3.63) is 17.7 Å². The van der Waals surface area contributed by atoms with Crippen LogP contribution in [0.15, 0.2) is 12.1 Å². The molecule has 0 saturated heterocycles. The van der Waals surface area contributed by atoms with Crippen LogP contribution in [0.4, 0.5) is 5.69 Å². The van der Waals surface area contributed by atoms with E-state index in [1.807, 2.05) is 12.1 Å². The molecule has 0 spiro atoms. The van der Waals surface area contributed by atoms with Gasteiger partial charge in [0, 0.05) is 6.54 Å². The summed E-state index contributed by atoms with van der Waals surface area (Å²) in [6, 6.07) is 3.92. The lowest BCUT2D eigenvalue weighted by atomic mass is 10.1. The summed E-state index contributed by atoms with van der Waals surface area (Å²) in [6.45, 7) is 7.20. The van der Waals surface area contributed by atoms with Crippen LogP contribution in [0.25, 0.3) is 0 Å². The highest BCUT2D eigenvalue weighted by Gasteiger charge is 2.11. The first-order valence-electron chi connectivity index (χ1n) is 5.88. The molecular formula is C13H22N2O2. The Balaban J connectivity index is 2.98. The number of ether oxygens (including phenoxy) is 2. The van der Waals surface area contributed by atoms with Crippen molar-refractivity contribution >= 4 is 5.69 Å². The quantitative estimate of drug-likeness (QED) is 0.771. The topological polar surface area (TPSA) is 47.7 Å². The second-order valence-electron chi connectivity index (χ2n) is 3.88. The van der Waals surface area contributed by atoms with E-state index in [2.05, 4.69) is 18.7 Å². The molecule has 0 unspecified atom stereocenters. The van der Waals surface area contributed by atoms with Gasteiger partial charge in [-0.1, -0.05) is 13.8 Å². The SMILES string of the molecule is CCN(CC)Cc1cc(N)c(OC)c(OC)c1. The number of nitrogens with zero attached hydrogens (tertiary/aromatic N) is 1. The molecule has 0 aromatic heterocycles. The molecule has 0 atom stereocenters. The maximum atomic E-state index is 5.94. The molecule has 96 valence electrons. The van der Waals surface area contributed by atoms with Crippen molar-refractivity contribution in [2.24, 2.45) is 0 Å². The third-order valence-corrected chi connectivity index (χ3v) is 2.87. The molecule has 0 aliphatic carbocycles. The minimum Gasteiger partial charge on any atom is -0.493 e. The van der Waals surface area contributed by atoms with Crippen LogP contribution in [0.5, 0.6) is 11.5 Å². The van der Waals surface area contributed by atoms with Gasteiger partial charge in [0.2, 0.25) is 0 Å². The Morgan fingerprint density at radius 1 is 1.12 bits per heavy atom. The normalized spacial score (nSPS) is 10.6. The van der Waals surface area contributed by atoms with Gasteiger partial charge in [-0.05, 0) is 30.8 Å². The van der Waals surface area contributed by atoms with Crippen molar-refractivity contribution in [2.45, 2.75) is 20.4 Å². The van der Waals surface area contributed by atoms with Gasteiger partial charge in [-0.2, -0.15) is 0 Å². The third-order valence-electron chi connectivity index (χ3n) is 2.87. The van der Waals surface area contributed by atoms with Crippen LogP contribution in [0, 0.1) is 0 Å². The molecule has 4 heteroatoms. The minimum atomic E-state index is 0.607. The van der Waals surface area contributed by atoms with Gasteiger partial charge in [0.1, 0.15) is 0 Å². The Kier molecular flexibility index (Phi) is 5.10. The van der Waals surface area contributed by atoms with E-state index in [9.17, 15) is 0 Å². The largest absolute Gasteiger partial charge is 0.493 e. The lowest BCUT2D eigenvalue weighted by molar-refractivity contribution is 0.294. The van der Waals surface area contributed by atoms with Crippen LogP contribution in [-0.2, 0) is 6.54 Å². The molecule has 4 nitrogen and oxygen atoms in total. The van der Waals surface area contributed by atoms with E-state index in [1.54, 1.807) is 14.2 Å². The summed E-state index contributed by atoms with van der Waals surface area (Å²) in [4.78, 5) is 2.32. The molecule has 0 bridgehead atoms. The number of benzene rings is 1. The zero-order chi connectivity index (χ0) is 12.8. The van der Waals surface area contributed by atoms with Crippen LogP contribution in [0.1, 0.15) is 19.4 Å². The Bertz CT molecular complexity index is 363. The summed E-state index contributed by atoms with van der Waals surface area (Å²) >= 11 is 0. The van der Waals surface area contributed by atoms with Gasteiger partial charge in [-0.3, -0.25) is 4.90 Å². The summed E-state index contributed by atoms with van der Waals surface area (Å²) in [5.41, 5.74) is 7.71. The number of methoxy groups -OCH3 is 2. The molecular weight excluding hydrogens is 216 g/mol. The zero-order valence-electron chi connectivity index (χ0n) is 11.1. The number of hydrogen-bond donors (Lipinski definition) is 1. The van der Waals surface area contributed by atoms with Gasteiger partial charge in [-0.15, -0.1) is 0 Å². The van der Waals surface area contributed by atoms with E-state index in [0.29, 0.717) is 17.2 Å². The fraction of sp³-hybridized carbons (Fsp3) is 0.538. The van der Waals surface area contributed by atoms with Gasteiger partial charge < -0.3 is 15.2 Å². The van der Waals surface area contributed by atoms with E-state index < -0.39 is 0 Å². The molecule has 1 aromatic rings. The van der Waals surface area contributed by atoms with Crippen LogP contribution in [0.2, 0.25) is 0 Å². The second kappa shape index (κ2) is 6.35. The average molecular weight is 238 g/mol. The van der Waals surface area contributed by atoms with Crippen LogP contribution in [-0.4, -0.2) is 32.2 Å². The summed E-state index contributed by atoms with van der Waals surface area (Å²) in [7, 11) is 3.22. The molecule has 0 saturated carbocycles. The molecule has 0 aliphatic rings. The van der Waals surface area contributed by atoms with Gasteiger partial charge in [0.25, 0.3) is 0 Å². The second-order valence-corrected chi connectivity index (χ2v) is 3.88. The van der Waals surface area contributed by atoms with E-state index in [-0.39, 0.29) is 0 Å². The number of nitrogens with two attached hydrogens (primary N) is 1. The van der Waals surface area contributed by atoms with E-state index in [0.717, 1.165) is 25.2 Å². The van der Waals surface area contributed by atoms with Gasteiger partial charge in [0.05, 0.1) is 19.9 Å². The zero-order valence-corrected chi connectivity index (χ0v) is 11.1. The Hall–Kier alpha value is -1.42. The maximum absolute atomic E-state index is 5.94. The molecule has 2 N–H and O–H groups in total. The molecule has 0 amide bonds. The maximum Gasteiger partial charge on any atom is 0.183 e. The lowest BCUT2D eigenvalue weighted by Gasteiger charge is -2.19. The van der Waals surface area contributed by atoms with Gasteiger partial charge >= 0.3 is 0 Å². The molecule has 1 aromatic carbocycles. The first kappa shape index (κ1) is 13.6. The van der Waals surface area contributed by atoms with Crippen molar-refractivity contribution in [3.8, 4) is 11.5 Å². The Morgan fingerprint density at radius 3 is 2.24 bits per heavy atom. The van der Waals surface area contributed by atoms with E-state index in [4.69, 9.17) is 15.2 Å². The molecule has 1 rings (SSSR count). The highest BCUT2D eigenvalue weighted by Crippen LogP contribution is 2.34. The Labute approximate surface area is 103 Å². The van der Waals surface area contributed by atoms with Crippen LogP contribution >= 0.6 is 0 Å². The van der Waals surface area contributed by atoms with E-state index >= 15 is 0 Å². The summed E-state index contributed by atoms with van der Waals surface area (Å²) < 4.78 is 10.5. The molecule has 0 heterocycles. The fourth-order valence-corrected chi connectivity index (χ4v) is 1.85. The fourth-order valence-electron chi connectivity index (χ4n) is 1.85. The standard InChI is InChI=1S/C13H22N2O2/c1-5-15(6-2)9-10-7-11(14)13(17-4)12(8-10)16-3/h7-8H,5-6,9,14H2,1-4H3. The van der Waals surface area contributed by atoms with Crippen molar-refractivity contribution in [1.29, 1.82) is 0 Å². The summed E-state index contributed by atoms with van der Waals surface area (Å²) in [5.74, 6) is 1.30. The third kappa shape index (κ3) is 3.27. The molecule has 0 aliphatic heterocycles. The first-order valence-corrected chi connectivity index (χ1v) is 5.88. The van der Waals surface area contributed by atoms with Crippen molar-refractivity contribution in [2.75, 3.05) is 33.0 Å². The first-order chi connectivity index (χ1) is 8.15. The van der Waals surface area contributed by atoms with Gasteiger partial charge in [-0.25, -0.2) is 0 Å². The van der Waals surface area contributed by atoms with Crippen molar-refractivity contribution in [1.82, 2.24) is 4.90 Å². The van der Waals surface area contributed by atoms with Crippen LogP contribution < -0.4 is 15.2 Å².